The van der Waals surface area contributed by atoms with Gasteiger partial charge in [0, 0.05) is 17.0 Å². The summed E-state index contributed by atoms with van der Waals surface area (Å²) in [7, 11) is 0. The summed E-state index contributed by atoms with van der Waals surface area (Å²) in [6, 6.07) is 9.44. The maximum absolute atomic E-state index is 13.7. The highest BCUT2D eigenvalue weighted by Gasteiger charge is 2.27. The fraction of sp³-hybridized carbons (Fsp3) is 0.250. The molecular formula is C20H15Cl3FN3OS. The Morgan fingerprint density at radius 1 is 1.03 bits per heavy atom. The Balaban J connectivity index is 1.84. The minimum Gasteiger partial charge on any atom is -0.298 e. The van der Waals surface area contributed by atoms with Crippen molar-refractivity contribution in [2.24, 2.45) is 0 Å². The Hall–Kier alpha value is -1.60. The van der Waals surface area contributed by atoms with Crippen LogP contribution in [0.2, 0.25) is 15.1 Å². The van der Waals surface area contributed by atoms with Gasteiger partial charge >= 0.3 is 0 Å². The number of carbonyl (C=O) groups is 1. The van der Waals surface area contributed by atoms with Gasteiger partial charge in [0.15, 0.2) is 11.0 Å². The zero-order valence-corrected chi connectivity index (χ0v) is 18.1. The van der Waals surface area contributed by atoms with Crippen molar-refractivity contribution in [1.29, 1.82) is 0 Å². The van der Waals surface area contributed by atoms with Crippen LogP contribution in [0.1, 0.15) is 25.7 Å². The largest absolute Gasteiger partial charge is 0.298 e. The number of aromatic nitrogens is 3. The number of thioether (sulfide) groups is 1. The molecule has 1 aromatic heterocycles. The van der Waals surface area contributed by atoms with E-state index in [0.717, 1.165) is 19.3 Å². The molecule has 0 radical (unpaired) electrons. The lowest BCUT2D eigenvalue weighted by Crippen LogP contribution is -2.21. The molecule has 0 saturated heterocycles. The van der Waals surface area contributed by atoms with E-state index in [-0.39, 0.29) is 16.1 Å². The summed E-state index contributed by atoms with van der Waals surface area (Å²) in [5, 5.41) is 9.84. The summed E-state index contributed by atoms with van der Waals surface area (Å²) in [5.74, 6) is 0.144. The molecule has 2 aromatic carbocycles. The van der Waals surface area contributed by atoms with Crippen LogP contribution in [-0.4, -0.2) is 25.8 Å². The highest BCUT2D eigenvalue weighted by atomic mass is 35.5. The second-order valence-electron chi connectivity index (χ2n) is 6.68. The summed E-state index contributed by atoms with van der Waals surface area (Å²) in [4.78, 5) is 12.3. The van der Waals surface area contributed by atoms with Gasteiger partial charge in [-0.2, -0.15) is 0 Å². The van der Waals surface area contributed by atoms with E-state index in [1.807, 2.05) is 0 Å². The standard InChI is InChI=1S/C20H15Cl3FN3OS/c21-11-5-7-13(14(22)9-11)19-25-26-20(29-18-4-2-1-3-17(18)28)27(19)12-6-8-16(24)15(23)10-12/h5-10,18H,1-4H2/t18-/m1/s1. The third kappa shape index (κ3) is 4.31. The first-order chi connectivity index (χ1) is 13.9. The molecule has 150 valence electrons. The van der Waals surface area contributed by atoms with Gasteiger partial charge in [-0.25, -0.2) is 4.39 Å². The minimum atomic E-state index is -0.522. The van der Waals surface area contributed by atoms with E-state index in [1.54, 1.807) is 28.8 Å². The summed E-state index contributed by atoms with van der Waals surface area (Å²) in [6.07, 6.45) is 3.28. The molecule has 4 nitrogen and oxygen atoms in total. The summed E-state index contributed by atoms with van der Waals surface area (Å²) >= 11 is 19.8. The summed E-state index contributed by atoms with van der Waals surface area (Å²) in [6.45, 7) is 0. The molecule has 1 fully saturated rings. The van der Waals surface area contributed by atoms with Gasteiger partial charge in [0.25, 0.3) is 0 Å². The molecular weight excluding hydrogens is 456 g/mol. The van der Waals surface area contributed by atoms with Crippen molar-refractivity contribution >= 4 is 52.3 Å². The Morgan fingerprint density at radius 2 is 1.86 bits per heavy atom. The first kappa shape index (κ1) is 20.7. The lowest BCUT2D eigenvalue weighted by atomic mass is 9.99. The second kappa shape index (κ2) is 8.64. The topological polar surface area (TPSA) is 47.8 Å². The van der Waals surface area contributed by atoms with Crippen LogP contribution in [0.15, 0.2) is 41.6 Å². The highest BCUT2D eigenvalue weighted by Crippen LogP contribution is 2.37. The molecule has 0 bridgehead atoms. The number of nitrogens with zero attached hydrogens (tertiary/aromatic N) is 3. The number of benzene rings is 2. The first-order valence-electron chi connectivity index (χ1n) is 8.99. The van der Waals surface area contributed by atoms with Crippen molar-refractivity contribution in [2.45, 2.75) is 36.1 Å². The van der Waals surface area contributed by atoms with Gasteiger partial charge in [0.1, 0.15) is 11.6 Å². The number of Topliss-reactive ketones (excluding diaryl/α,β-unsaturated/α-hetero) is 1. The molecule has 1 aliphatic carbocycles. The first-order valence-corrected chi connectivity index (χ1v) is 11.0. The van der Waals surface area contributed by atoms with Crippen molar-refractivity contribution in [3.63, 3.8) is 0 Å². The highest BCUT2D eigenvalue weighted by molar-refractivity contribution is 8.00. The number of rotatable bonds is 4. The van der Waals surface area contributed by atoms with Gasteiger partial charge in [0.05, 0.1) is 21.0 Å². The molecule has 0 spiro atoms. The molecule has 0 amide bonds. The maximum atomic E-state index is 13.7. The third-order valence-electron chi connectivity index (χ3n) is 4.71. The number of halogens is 4. The van der Waals surface area contributed by atoms with E-state index < -0.39 is 5.82 Å². The average molecular weight is 471 g/mol. The van der Waals surface area contributed by atoms with Gasteiger partial charge in [-0.15, -0.1) is 10.2 Å². The quantitative estimate of drug-likeness (QED) is 0.429. The minimum absolute atomic E-state index is 0.0194. The van der Waals surface area contributed by atoms with Crippen LogP contribution in [0.4, 0.5) is 4.39 Å². The molecule has 4 rings (SSSR count). The van der Waals surface area contributed by atoms with Crippen LogP contribution in [0.3, 0.4) is 0 Å². The fourth-order valence-electron chi connectivity index (χ4n) is 3.25. The van der Waals surface area contributed by atoms with Crippen molar-refractivity contribution in [3.05, 3.63) is 57.3 Å². The Morgan fingerprint density at radius 3 is 2.59 bits per heavy atom. The van der Waals surface area contributed by atoms with Crippen molar-refractivity contribution in [1.82, 2.24) is 14.8 Å². The lowest BCUT2D eigenvalue weighted by molar-refractivity contribution is -0.119. The van der Waals surface area contributed by atoms with Gasteiger partial charge < -0.3 is 0 Å². The van der Waals surface area contributed by atoms with Gasteiger partial charge in [-0.05, 0) is 49.2 Å². The molecule has 3 aromatic rings. The second-order valence-corrected chi connectivity index (χ2v) is 9.10. The Labute approximate surface area is 186 Å². The maximum Gasteiger partial charge on any atom is 0.196 e. The van der Waals surface area contributed by atoms with E-state index >= 15 is 0 Å². The van der Waals surface area contributed by atoms with Crippen molar-refractivity contribution in [2.75, 3.05) is 0 Å². The molecule has 1 aliphatic rings. The van der Waals surface area contributed by atoms with Crippen molar-refractivity contribution < 1.29 is 9.18 Å². The molecule has 0 N–H and O–H groups in total. The van der Waals surface area contributed by atoms with E-state index in [2.05, 4.69) is 10.2 Å². The number of ketones is 1. The Bertz CT molecular complexity index is 1090. The third-order valence-corrected chi connectivity index (χ3v) is 6.81. The Kier molecular flexibility index (Phi) is 6.16. The van der Waals surface area contributed by atoms with Crippen LogP contribution in [-0.2, 0) is 4.79 Å². The average Bonchev–Trinajstić information content (AvgIpc) is 3.09. The fourth-order valence-corrected chi connectivity index (χ4v) is 5.09. The molecule has 29 heavy (non-hydrogen) atoms. The molecule has 9 heteroatoms. The predicted octanol–water partition coefficient (Wildman–Crippen LogP) is 6.64. The summed E-state index contributed by atoms with van der Waals surface area (Å²) < 4.78 is 15.5. The van der Waals surface area contributed by atoms with Crippen LogP contribution < -0.4 is 0 Å². The lowest BCUT2D eigenvalue weighted by Gasteiger charge is -2.20. The zero-order valence-electron chi connectivity index (χ0n) is 15.0. The van der Waals surface area contributed by atoms with E-state index in [0.29, 0.717) is 38.7 Å². The predicted molar refractivity (Wildman–Crippen MR) is 115 cm³/mol. The van der Waals surface area contributed by atoms with E-state index in [9.17, 15) is 9.18 Å². The normalized spacial score (nSPS) is 17.0. The number of hydrogen-bond acceptors (Lipinski definition) is 4. The van der Waals surface area contributed by atoms with Crippen LogP contribution in [0.5, 0.6) is 0 Å². The SMILES string of the molecule is O=C1CCCC[C@H]1Sc1nnc(-c2ccc(Cl)cc2Cl)n1-c1ccc(F)c(Cl)c1. The van der Waals surface area contributed by atoms with Crippen molar-refractivity contribution in [3.8, 4) is 17.1 Å². The van der Waals surface area contributed by atoms with Gasteiger partial charge in [-0.1, -0.05) is 53.0 Å². The molecule has 0 unspecified atom stereocenters. The van der Waals surface area contributed by atoms with E-state index in [1.165, 1.54) is 23.9 Å². The van der Waals surface area contributed by atoms with E-state index in [4.69, 9.17) is 34.8 Å². The number of carbonyl (C=O) groups excluding carboxylic acids is 1. The van der Waals surface area contributed by atoms with Crippen LogP contribution >= 0.6 is 46.6 Å². The monoisotopic (exact) mass is 469 g/mol. The molecule has 1 heterocycles. The van der Waals surface area contributed by atoms with Gasteiger partial charge in [0.2, 0.25) is 0 Å². The van der Waals surface area contributed by atoms with Crippen LogP contribution in [0, 0.1) is 5.82 Å². The number of hydrogen-bond donors (Lipinski definition) is 0. The molecule has 1 atom stereocenters. The smallest absolute Gasteiger partial charge is 0.196 e. The molecule has 1 saturated carbocycles. The zero-order chi connectivity index (χ0) is 20.5. The molecule has 0 aliphatic heterocycles. The summed E-state index contributed by atoms with van der Waals surface area (Å²) in [5.41, 5.74) is 1.19. The van der Waals surface area contributed by atoms with Gasteiger partial charge in [-0.3, -0.25) is 9.36 Å². The van der Waals surface area contributed by atoms with Crippen LogP contribution in [0.25, 0.3) is 17.1 Å².